The molecule has 2 amide bonds. The summed E-state index contributed by atoms with van der Waals surface area (Å²) < 4.78 is 13.6. The van der Waals surface area contributed by atoms with E-state index in [0.717, 1.165) is 5.69 Å². The van der Waals surface area contributed by atoms with Gasteiger partial charge in [0.05, 0.1) is 6.42 Å². The molecule has 1 unspecified atom stereocenters. The predicted molar refractivity (Wildman–Crippen MR) is 90.0 cm³/mol. The van der Waals surface area contributed by atoms with Crippen molar-refractivity contribution in [2.24, 2.45) is 5.92 Å². The van der Waals surface area contributed by atoms with Gasteiger partial charge in [-0.25, -0.2) is 4.39 Å². The highest BCUT2D eigenvalue weighted by molar-refractivity contribution is 5.95. The molecule has 4 nitrogen and oxygen atoms in total. The number of rotatable bonds is 5. The van der Waals surface area contributed by atoms with Gasteiger partial charge in [0.25, 0.3) is 0 Å². The number of carbonyl (C=O) groups excluding carboxylic acids is 2. The first-order valence-electron chi connectivity index (χ1n) is 7.99. The minimum atomic E-state index is -0.376. The van der Waals surface area contributed by atoms with Crippen molar-refractivity contribution in [3.05, 3.63) is 66.0 Å². The van der Waals surface area contributed by atoms with Crippen molar-refractivity contribution in [1.29, 1.82) is 0 Å². The average Bonchev–Trinajstić information content (AvgIpc) is 2.97. The summed E-state index contributed by atoms with van der Waals surface area (Å²) in [7, 11) is 0. The second-order valence-electron chi connectivity index (χ2n) is 5.98. The van der Waals surface area contributed by atoms with Crippen LogP contribution in [0, 0.1) is 11.7 Å². The van der Waals surface area contributed by atoms with Crippen LogP contribution in [-0.2, 0) is 16.0 Å². The summed E-state index contributed by atoms with van der Waals surface area (Å²) in [5.41, 5.74) is 1.26. The minimum Gasteiger partial charge on any atom is -0.355 e. The molecule has 3 rings (SSSR count). The Morgan fingerprint density at radius 3 is 2.58 bits per heavy atom. The van der Waals surface area contributed by atoms with Gasteiger partial charge < -0.3 is 10.2 Å². The van der Waals surface area contributed by atoms with Crippen LogP contribution in [0.3, 0.4) is 0 Å². The zero-order valence-corrected chi connectivity index (χ0v) is 13.2. The van der Waals surface area contributed by atoms with Crippen LogP contribution in [0.25, 0.3) is 0 Å². The summed E-state index contributed by atoms with van der Waals surface area (Å²) >= 11 is 0. The van der Waals surface area contributed by atoms with Crippen molar-refractivity contribution in [3.63, 3.8) is 0 Å². The number of carbonyl (C=O) groups is 2. The van der Waals surface area contributed by atoms with Crippen LogP contribution in [0.4, 0.5) is 10.1 Å². The highest BCUT2D eigenvalue weighted by Gasteiger charge is 2.30. The fourth-order valence-corrected chi connectivity index (χ4v) is 2.91. The maximum Gasteiger partial charge on any atom is 0.227 e. The molecule has 1 aliphatic heterocycles. The van der Waals surface area contributed by atoms with Crippen molar-refractivity contribution >= 4 is 17.5 Å². The molecule has 1 fully saturated rings. The van der Waals surface area contributed by atoms with Gasteiger partial charge in [0.1, 0.15) is 5.82 Å². The third kappa shape index (κ3) is 3.79. The lowest BCUT2D eigenvalue weighted by atomic mass is 10.1. The van der Waals surface area contributed by atoms with Crippen LogP contribution in [0.5, 0.6) is 0 Å². The lowest BCUT2D eigenvalue weighted by Crippen LogP contribution is -2.32. The third-order valence-electron chi connectivity index (χ3n) is 4.17. The molecule has 0 saturated carbocycles. The molecule has 0 aliphatic carbocycles. The maximum absolute atomic E-state index is 13.6. The van der Waals surface area contributed by atoms with Crippen LogP contribution in [0.15, 0.2) is 54.6 Å². The van der Waals surface area contributed by atoms with E-state index in [-0.39, 0.29) is 30.0 Å². The molecule has 0 bridgehead atoms. The smallest absolute Gasteiger partial charge is 0.227 e. The SMILES string of the molecule is O=C(Cc1ccccc1F)NCC1CC(=O)N(c2ccccc2)C1. The fourth-order valence-electron chi connectivity index (χ4n) is 2.91. The minimum absolute atomic E-state index is 0.00966. The molecule has 2 aromatic carbocycles. The zero-order chi connectivity index (χ0) is 16.9. The summed E-state index contributed by atoms with van der Waals surface area (Å²) in [5, 5.41) is 2.81. The summed E-state index contributed by atoms with van der Waals surface area (Å²) in [6, 6.07) is 15.7. The van der Waals surface area contributed by atoms with Crippen molar-refractivity contribution < 1.29 is 14.0 Å². The lowest BCUT2D eigenvalue weighted by molar-refractivity contribution is -0.121. The Kier molecular flexibility index (Phi) is 4.89. The van der Waals surface area contributed by atoms with E-state index in [0.29, 0.717) is 25.1 Å². The van der Waals surface area contributed by atoms with Gasteiger partial charge in [-0.2, -0.15) is 0 Å². The first-order valence-corrected chi connectivity index (χ1v) is 7.99. The highest BCUT2D eigenvalue weighted by atomic mass is 19.1. The van der Waals surface area contributed by atoms with Crippen LogP contribution in [0.1, 0.15) is 12.0 Å². The number of para-hydroxylation sites is 1. The van der Waals surface area contributed by atoms with Crippen LogP contribution >= 0.6 is 0 Å². The monoisotopic (exact) mass is 326 g/mol. The molecule has 0 radical (unpaired) electrons. The van der Waals surface area contributed by atoms with Crippen LogP contribution in [0.2, 0.25) is 0 Å². The van der Waals surface area contributed by atoms with Gasteiger partial charge in [0.2, 0.25) is 11.8 Å². The Hall–Kier alpha value is -2.69. The first kappa shape index (κ1) is 16.2. The van der Waals surface area contributed by atoms with Crippen molar-refractivity contribution in [1.82, 2.24) is 5.32 Å². The molecule has 5 heteroatoms. The van der Waals surface area contributed by atoms with Gasteiger partial charge in [0, 0.05) is 31.1 Å². The van der Waals surface area contributed by atoms with Gasteiger partial charge in [-0.05, 0) is 23.8 Å². The molecule has 0 aromatic heterocycles. The number of anilines is 1. The molecule has 1 atom stereocenters. The van der Waals surface area contributed by atoms with Crippen LogP contribution < -0.4 is 10.2 Å². The molecular weight excluding hydrogens is 307 g/mol. The number of nitrogens with zero attached hydrogens (tertiary/aromatic N) is 1. The topological polar surface area (TPSA) is 49.4 Å². The Bertz CT molecular complexity index is 733. The number of nitrogens with one attached hydrogen (secondary N) is 1. The molecule has 2 aromatic rings. The Balaban J connectivity index is 1.52. The third-order valence-corrected chi connectivity index (χ3v) is 4.17. The molecule has 1 aliphatic rings. The van der Waals surface area contributed by atoms with Crippen LogP contribution in [-0.4, -0.2) is 24.9 Å². The van der Waals surface area contributed by atoms with E-state index in [9.17, 15) is 14.0 Å². The van der Waals surface area contributed by atoms with E-state index >= 15 is 0 Å². The van der Waals surface area contributed by atoms with Gasteiger partial charge >= 0.3 is 0 Å². The Morgan fingerprint density at radius 1 is 1.12 bits per heavy atom. The average molecular weight is 326 g/mol. The molecular formula is C19H19FN2O2. The molecule has 1 N–H and O–H groups in total. The number of hydrogen-bond acceptors (Lipinski definition) is 2. The van der Waals surface area contributed by atoms with Crippen molar-refractivity contribution in [3.8, 4) is 0 Å². The van der Waals surface area contributed by atoms with Gasteiger partial charge in [0.15, 0.2) is 0 Å². The van der Waals surface area contributed by atoms with Crippen molar-refractivity contribution in [2.45, 2.75) is 12.8 Å². The zero-order valence-electron chi connectivity index (χ0n) is 13.2. The Morgan fingerprint density at radius 2 is 1.83 bits per heavy atom. The molecule has 24 heavy (non-hydrogen) atoms. The van der Waals surface area contributed by atoms with E-state index in [4.69, 9.17) is 0 Å². The molecule has 1 heterocycles. The fraction of sp³-hybridized carbons (Fsp3) is 0.263. The second-order valence-corrected chi connectivity index (χ2v) is 5.98. The van der Waals surface area contributed by atoms with Gasteiger partial charge in [-0.1, -0.05) is 36.4 Å². The van der Waals surface area contributed by atoms with E-state index < -0.39 is 0 Å². The highest BCUT2D eigenvalue weighted by Crippen LogP contribution is 2.24. The van der Waals surface area contributed by atoms with Gasteiger partial charge in [-0.15, -0.1) is 0 Å². The Labute approximate surface area is 140 Å². The van der Waals surface area contributed by atoms with E-state index in [1.807, 2.05) is 30.3 Å². The summed E-state index contributed by atoms with van der Waals surface area (Å²) in [5.74, 6) is -0.471. The maximum atomic E-state index is 13.6. The summed E-state index contributed by atoms with van der Waals surface area (Å²) in [6.45, 7) is 1.01. The van der Waals surface area contributed by atoms with E-state index in [1.54, 1.807) is 23.1 Å². The quantitative estimate of drug-likeness (QED) is 0.918. The number of halogens is 1. The largest absolute Gasteiger partial charge is 0.355 e. The summed E-state index contributed by atoms with van der Waals surface area (Å²) in [4.78, 5) is 25.9. The molecule has 0 spiro atoms. The predicted octanol–water partition coefficient (Wildman–Crippen LogP) is 2.54. The lowest BCUT2D eigenvalue weighted by Gasteiger charge is -2.16. The standard InChI is InChI=1S/C19H19FN2O2/c20-17-9-5-4-6-15(17)11-18(23)21-12-14-10-19(24)22(13-14)16-7-2-1-3-8-16/h1-9,14H,10-13H2,(H,21,23). The van der Waals surface area contributed by atoms with E-state index in [2.05, 4.69) is 5.32 Å². The molecule has 124 valence electrons. The first-order chi connectivity index (χ1) is 11.6. The molecule has 1 saturated heterocycles. The number of benzene rings is 2. The van der Waals surface area contributed by atoms with Crippen molar-refractivity contribution in [2.75, 3.05) is 18.0 Å². The van der Waals surface area contributed by atoms with E-state index in [1.165, 1.54) is 6.07 Å². The second kappa shape index (κ2) is 7.25. The number of hydrogen-bond donors (Lipinski definition) is 1. The van der Waals surface area contributed by atoms with Gasteiger partial charge in [-0.3, -0.25) is 9.59 Å². The normalized spacial score (nSPS) is 17.1. The summed E-state index contributed by atoms with van der Waals surface area (Å²) in [6.07, 6.45) is 0.421. The number of amides is 2.